The van der Waals surface area contributed by atoms with Crippen molar-refractivity contribution in [2.75, 3.05) is 39.3 Å². The summed E-state index contributed by atoms with van der Waals surface area (Å²) in [6.45, 7) is 8.52. The molecule has 0 saturated carbocycles. The summed E-state index contributed by atoms with van der Waals surface area (Å²) in [5.74, 6) is 0.800. The predicted octanol–water partition coefficient (Wildman–Crippen LogP) is 3.54. The second kappa shape index (κ2) is 10.4. The van der Waals surface area contributed by atoms with Crippen molar-refractivity contribution < 1.29 is 9.53 Å². The van der Waals surface area contributed by atoms with E-state index in [1.54, 1.807) is 12.1 Å². The Morgan fingerprint density at radius 2 is 1.70 bits per heavy atom. The third kappa shape index (κ3) is 5.37. The lowest BCUT2D eigenvalue weighted by atomic mass is 10.1. The van der Waals surface area contributed by atoms with Crippen molar-refractivity contribution >= 4 is 28.3 Å². The molecule has 1 fully saturated rings. The van der Waals surface area contributed by atoms with Crippen molar-refractivity contribution in [3.8, 4) is 5.75 Å². The summed E-state index contributed by atoms with van der Waals surface area (Å²) in [5, 5.41) is 6.24. The van der Waals surface area contributed by atoms with Gasteiger partial charge in [-0.3, -0.25) is 14.5 Å². The van der Waals surface area contributed by atoms with Gasteiger partial charge in [-0.05, 0) is 24.1 Å². The number of para-hydroxylation sites is 1. The molecule has 174 valence electrons. The quantitative estimate of drug-likeness (QED) is 0.530. The van der Waals surface area contributed by atoms with Crippen LogP contribution in [0.5, 0.6) is 5.75 Å². The second-order valence-electron chi connectivity index (χ2n) is 8.69. The van der Waals surface area contributed by atoms with Crippen LogP contribution in [0.2, 0.25) is 5.02 Å². The monoisotopic (exact) mass is 468 g/mol. The van der Waals surface area contributed by atoms with Gasteiger partial charge < -0.3 is 9.64 Å². The molecular weight excluding hydrogens is 440 g/mol. The van der Waals surface area contributed by atoms with E-state index in [0.717, 1.165) is 19.6 Å². The molecule has 0 radical (unpaired) electrons. The highest BCUT2D eigenvalue weighted by Gasteiger charge is 2.26. The number of rotatable bonds is 7. The van der Waals surface area contributed by atoms with Gasteiger partial charge in [-0.2, -0.15) is 5.10 Å². The summed E-state index contributed by atoms with van der Waals surface area (Å²) in [6, 6.07) is 14.7. The van der Waals surface area contributed by atoms with Gasteiger partial charge in [-0.1, -0.05) is 55.8 Å². The largest absolute Gasteiger partial charge is 0.491 e. The van der Waals surface area contributed by atoms with Crippen LogP contribution in [0.15, 0.2) is 53.3 Å². The Hall–Kier alpha value is -2.90. The predicted molar refractivity (Wildman–Crippen MR) is 130 cm³/mol. The minimum Gasteiger partial charge on any atom is -0.491 e. The van der Waals surface area contributed by atoms with Gasteiger partial charge in [0.2, 0.25) is 0 Å². The summed E-state index contributed by atoms with van der Waals surface area (Å²) < 4.78 is 7.22. The van der Waals surface area contributed by atoms with Crippen LogP contribution in [0.4, 0.5) is 0 Å². The first kappa shape index (κ1) is 23.3. The molecule has 1 aliphatic rings. The zero-order chi connectivity index (χ0) is 23.4. The lowest BCUT2D eigenvalue weighted by Crippen LogP contribution is -2.50. The molecule has 1 aliphatic heterocycles. The van der Waals surface area contributed by atoms with E-state index in [-0.39, 0.29) is 17.4 Å². The molecule has 1 saturated heterocycles. The van der Waals surface area contributed by atoms with E-state index in [0.29, 0.717) is 53.5 Å². The lowest BCUT2D eigenvalue weighted by Gasteiger charge is -2.34. The Balaban J connectivity index is 1.42. The van der Waals surface area contributed by atoms with Crippen molar-refractivity contribution in [1.29, 1.82) is 0 Å². The number of hydrogen-bond acceptors (Lipinski definition) is 5. The van der Waals surface area contributed by atoms with Crippen LogP contribution in [-0.4, -0.2) is 64.8 Å². The number of fused-ring (bicyclic) bond motifs is 1. The molecule has 33 heavy (non-hydrogen) atoms. The molecule has 0 spiro atoms. The Kier molecular flexibility index (Phi) is 7.30. The number of halogens is 1. The van der Waals surface area contributed by atoms with Crippen LogP contribution in [0, 0.1) is 5.92 Å². The molecule has 2 heterocycles. The van der Waals surface area contributed by atoms with Crippen molar-refractivity contribution in [1.82, 2.24) is 19.6 Å². The van der Waals surface area contributed by atoms with E-state index in [2.05, 4.69) is 10.00 Å². The molecule has 0 aliphatic carbocycles. The first-order valence-corrected chi connectivity index (χ1v) is 11.7. The molecule has 1 aromatic heterocycles. The van der Waals surface area contributed by atoms with Gasteiger partial charge in [-0.25, -0.2) is 4.68 Å². The number of carbonyl (C=O) groups excluding carboxylic acids is 1. The molecule has 4 rings (SSSR count). The van der Waals surface area contributed by atoms with E-state index >= 15 is 0 Å². The van der Waals surface area contributed by atoms with Crippen LogP contribution in [0.1, 0.15) is 24.3 Å². The standard InChI is InChI=1S/C25H29ClN4O3/c1-18(2)17-30-24(31)20-8-4-3-7-19(20)23(27-30)25(32)29-13-11-28(12-14-29)15-16-33-22-10-6-5-9-21(22)26/h3-10,18H,11-17H2,1-2H3. The lowest BCUT2D eigenvalue weighted by molar-refractivity contribution is 0.0614. The Morgan fingerprint density at radius 3 is 2.39 bits per heavy atom. The fourth-order valence-electron chi connectivity index (χ4n) is 4.03. The van der Waals surface area contributed by atoms with Gasteiger partial charge in [0, 0.05) is 44.7 Å². The SMILES string of the molecule is CC(C)Cn1nc(C(=O)N2CCN(CCOc3ccccc3Cl)CC2)c2ccccc2c1=O. The van der Waals surface area contributed by atoms with Gasteiger partial charge in [0.05, 0.1) is 10.4 Å². The van der Waals surface area contributed by atoms with Crippen molar-refractivity contribution in [3.05, 3.63) is 69.6 Å². The molecule has 2 aromatic carbocycles. The number of nitrogens with zero attached hydrogens (tertiary/aromatic N) is 4. The number of ether oxygens (including phenoxy) is 1. The average Bonchev–Trinajstić information content (AvgIpc) is 2.82. The average molecular weight is 469 g/mol. The number of benzene rings is 2. The van der Waals surface area contributed by atoms with Gasteiger partial charge >= 0.3 is 0 Å². The zero-order valence-electron chi connectivity index (χ0n) is 19.0. The van der Waals surface area contributed by atoms with E-state index in [4.69, 9.17) is 16.3 Å². The third-order valence-electron chi connectivity index (χ3n) is 5.77. The molecule has 8 heteroatoms. The smallest absolute Gasteiger partial charge is 0.275 e. The minimum atomic E-state index is -0.154. The highest BCUT2D eigenvalue weighted by Crippen LogP contribution is 2.23. The third-order valence-corrected chi connectivity index (χ3v) is 6.08. The topological polar surface area (TPSA) is 67.7 Å². The van der Waals surface area contributed by atoms with E-state index in [9.17, 15) is 9.59 Å². The van der Waals surface area contributed by atoms with Crippen molar-refractivity contribution in [2.24, 2.45) is 5.92 Å². The number of amides is 1. The Bertz CT molecular complexity index is 1190. The molecule has 0 unspecified atom stereocenters. The van der Waals surface area contributed by atoms with Crippen molar-refractivity contribution in [2.45, 2.75) is 20.4 Å². The number of carbonyl (C=O) groups is 1. The fourth-order valence-corrected chi connectivity index (χ4v) is 4.22. The fraction of sp³-hybridized carbons (Fsp3) is 0.400. The van der Waals surface area contributed by atoms with Gasteiger partial charge in [0.15, 0.2) is 5.69 Å². The first-order valence-electron chi connectivity index (χ1n) is 11.3. The van der Waals surface area contributed by atoms with E-state index in [1.807, 2.05) is 55.1 Å². The van der Waals surface area contributed by atoms with Crippen LogP contribution in [0.25, 0.3) is 10.8 Å². The molecule has 0 atom stereocenters. The normalized spacial score (nSPS) is 14.7. The van der Waals surface area contributed by atoms with Crippen LogP contribution in [-0.2, 0) is 6.54 Å². The maximum atomic E-state index is 13.4. The minimum absolute atomic E-state index is 0.129. The highest BCUT2D eigenvalue weighted by molar-refractivity contribution is 6.32. The van der Waals surface area contributed by atoms with Gasteiger partial charge in [0.1, 0.15) is 12.4 Å². The maximum absolute atomic E-state index is 13.4. The Morgan fingerprint density at radius 1 is 1.03 bits per heavy atom. The summed E-state index contributed by atoms with van der Waals surface area (Å²) in [4.78, 5) is 30.3. The number of aromatic nitrogens is 2. The molecule has 7 nitrogen and oxygen atoms in total. The first-order chi connectivity index (χ1) is 15.9. The van der Waals surface area contributed by atoms with Gasteiger partial charge in [-0.15, -0.1) is 0 Å². The zero-order valence-corrected chi connectivity index (χ0v) is 19.8. The molecule has 0 N–H and O–H groups in total. The number of piperazine rings is 1. The van der Waals surface area contributed by atoms with E-state index < -0.39 is 0 Å². The summed E-state index contributed by atoms with van der Waals surface area (Å²) >= 11 is 6.14. The molecular formula is C25H29ClN4O3. The van der Waals surface area contributed by atoms with E-state index in [1.165, 1.54) is 4.68 Å². The van der Waals surface area contributed by atoms with Gasteiger partial charge in [0.25, 0.3) is 11.5 Å². The summed E-state index contributed by atoms with van der Waals surface area (Å²) in [5.41, 5.74) is 0.195. The molecule has 0 bridgehead atoms. The highest BCUT2D eigenvalue weighted by atomic mass is 35.5. The number of hydrogen-bond donors (Lipinski definition) is 0. The van der Waals surface area contributed by atoms with Crippen LogP contribution < -0.4 is 10.3 Å². The maximum Gasteiger partial charge on any atom is 0.275 e. The second-order valence-corrected chi connectivity index (χ2v) is 9.10. The molecule has 1 amide bonds. The summed E-state index contributed by atoms with van der Waals surface area (Å²) in [7, 11) is 0. The van der Waals surface area contributed by atoms with Crippen molar-refractivity contribution in [3.63, 3.8) is 0 Å². The summed E-state index contributed by atoms with van der Waals surface area (Å²) in [6.07, 6.45) is 0. The Labute approximate surface area is 198 Å². The molecule has 3 aromatic rings. The van der Waals surface area contributed by atoms with Crippen LogP contribution in [0.3, 0.4) is 0 Å². The van der Waals surface area contributed by atoms with Crippen LogP contribution >= 0.6 is 11.6 Å².